The molecule has 140 valence electrons. The Bertz CT molecular complexity index is 910. The van der Waals surface area contributed by atoms with Crippen LogP contribution in [0.4, 0.5) is 5.69 Å². The highest BCUT2D eigenvalue weighted by molar-refractivity contribution is 8.18. The normalized spacial score (nSPS) is 17.0. The summed E-state index contributed by atoms with van der Waals surface area (Å²) in [6.07, 6.45) is 1.82. The Hall–Kier alpha value is -2.44. The van der Waals surface area contributed by atoms with Gasteiger partial charge in [0.25, 0.3) is 5.91 Å². The Kier molecular flexibility index (Phi) is 6.08. The monoisotopic (exact) mass is 402 g/mol. The van der Waals surface area contributed by atoms with E-state index in [4.69, 9.17) is 21.1 Å². The zero-order valence-corrected chi connectivity index (χ0v) is 16.8. The summed E-state index contributed by atoms with van der Waals surface area (Å²) in [6, 6.07) is 12.7. The number of rotatable bonds is 5. The number of aliphatic imine (C=N–C) groups is 1. The Morgan fingerprint density at radius 1 is 1.15 bits per heavy atom. The molecule has 0 N–H and O–H groups in total. The Morgan fingerprint density at radius 2 is 1.89 bits per heavy atom. The minimum absolute atomic E-state index is 0.0758. The van der Waals surface area contributed by atoms with Crippen LogP contribution in [-0.2, 0) is 4.79 Å². The third kappa shape index (κ3) is 4.28. The number of thioether (sulfide) groups is 1. The van der Waals surface area contributed by atoms with Crippen LogP contribution in [0.3, 0.4) is 0 Å². The van der Waals surface area contributed by atoms with Crippen LogP contribution in [0.25, 0.3) is 6.08 Å². The molecule has 0 aromatic heterocycles. The predicted octanol–water partition coefficient (Wildman–Crippen LogP) is 4.98. The molecule has 2 aromatic carbocycles. The van der Waals surface area contributed by atoms with Crippen molar-refractivity contribution in [2.24, 2.45) is 4.99 Å². The average Bonchev–Trinajstić information content (AvgIpc) is 2.98. The number of nitrogens with zero attached hydrogens (tertiary/aromatic N) is 2. The largest absolute Gasteiger partial charge is 0.497 e. The highest BCUT2D eigenvalue weighted by Crippen LogP contribution is 2.36. The van der Waals surface area contributed by atoms with Gasteiger partial charge in [0.2, 0.25) is 0 Å². The standard InChI is InChI=1S/C20H19ClN2O3S/c1-4-23-19(24)18(11-13-5-10-16(25-2)12-17(13)26-3)27-20(23)22-15-8-6-14(21)7-9-15/h5-12H,4H2,1-3H3/b18-11+,22-20?. The fraction of sp³-hybridized carbons (Fsp3) is 0.200. The van der Waals surface area contributed by atoms with Gasteiger partial charge in [-0.1, -0.05) is 11.6 Å². The summed E-state index contributed by atoms with van der Waals surface area (Å²) < 4.78 is 10.6. The van der Waals surface area contributed by atoms with E-state index in [-0.39, 0.29) is 5.91 Å². The molecule has 1 aliphatic rings. The van der Waals surface area contributed by atoms with Crippen LogP contribution in [-0.4, -0.2) is 36.7 Å². The molecule has 1 amide bonds. The molecule has 7 heteroatoms. The van der Waals surface area contributed by atoms with E-state index >= 15 is 0 Å². The molecular formula is C20H19ClN2O3S. The number of amides is 1. The summed E-state index contributed by atoms with van der Waals surface area (Å²) in [4.78, 5) is 19.6. The van der Waals surface area contributed by atoms with Crippen molar-refractivity contribution in [1.29, 1.82) is 0 Å². The molecule has 0 aliphatic carbocycles. The Balaban J connectivity index is 1.94. The number of hydrogen-bond donors (Lipinski definition) is 0. The summed E-state index contributed by atoms with van der Waals surface area (Å²) in [6.45, 7) is 2.46. The van der Waals surface area contributed by atoms with E-state index in [0.717, 1.165) is 11.3 Å². The van der Waals surface area contributed by atoms with Gasteiger partial charge in [0.1, 0.15) is 11.5 Å². The molecule has 3 rings (SSSR count). The number of benzene rings is 2. The second-order valence-electron chi connectivity index (χ2n) is 5.64. The first-order valence-electron chi connectivity index (χ1n) is 8.33. The fourth-order valence-corrected chi connectivity index (χ4v) is 3.75. The lowest BCUT2D eigenvalue weighted by molar-refractivity contribution is -0.122. The van der Waals surface area contributed by atoms with E-state index in [1.807, 2.05) is 37.3 Å². The maximum atomic E-state index is 12.8. The van der Waals surface area contributed by atoms with E-state index in [1.165, 1.54) is 11.8 Å². The number of halogens is 1. The van der Waals surface area contributed by atoms with Gasteiger partial charge in [-0.15, -0.1) is 0 Å². The highest BCUT2D eigenvalue weighted by Gasteiger charge is 2.32. The van der Waals surface area contributed by atoms with Crippen LogP contribution < -0.4 is 9.47 Å². The molecule has 0 radical (unpaired) electrons. The molecular weight excluding hydrogens is 384 g/mol. The second-order valence-corrected chi connectivity index (χ2v) is 7.08. The number of hydrogen-bond acceptors (Lipinski definition) is 5. The molecule has 1 heterocycles. The number of carbonyl (C=O) groups excluding carboxylic acids is 1. The van der Waals surface area contributed by atoms with Gasteiger partial charge in [0, 0.05) is 23.2 Å². The summed E-state index contributed by atoms with van der Waals surface area (Å²) in [5.41, 5.74) is 1.55. The molecule has 2 aromatic rings. The van der Waals surface area contributed by atoms with E-state index in [9.17, 15) is 4.79 Å². The zero-order valence-electron chi connectivity index (χ0n) is 15.2. The molecule has 0 bridgehead atoms. The van der Waals surface area contributed by atoms with E-state index in [0.29, 0.717) is 33.1 Å². The summed E-state index contributed by atoms with van der Waals surface area (Å²) in [7, 11) is 3.19. The summed E-state index contributed by atoms with van der Waals surface area (Å²) >= 11 is 7.27. The van der Waals surface area contributed by atoms with Gasteiger partial charge < -0.3 is 9.47 Å². The zero-order chi connectivity index (χ0) is 19.4. The average molecular weight is 403 g/mol. The van der Waals surface area contributed by atoms with Crippen molar-refractivity contribution in [1.82, 2.24) is 4.90 Å². The first-order chi connectivity index (χ1) is 13.0. The molecule has 1 saturated heterocycles. The van der Waals surface area contributed by atoms with Crippen LogP contribution in [0.5, 0.6) is 11.5 Å². The van der Waals surface area contributed by atoms with E-state index in [2.05, 4.69) is 4.99 Å². The maximum absolute atomic E-state index is 12.8. The van der Waals surface area contributed by atoms with Gasteiger partial charge >= 0.3 is 0 Å². The smallest absolute Gasteiger partial charge is 0.266 e. The molecule has 0 unspecified atom stereocenters. The molecule has 1 aliphatic heterocycles. The SMILES string of the molecule is CCN1C(=O)/C(=C\c2ccc(OC)cc2OC)SC1=Nc1ccc(Cl)cc1. The van der Waals surface area contributed by atoms with Crippen molar-refractivity contribution in [3.8, 4) is 11.5 Å². The number of ether oxygens (including phenoxy) is 2. The number of methoxy groups -OCH3 is 2. The third-order valence-electron chi connectivity index (χ3n) is 3.98. The van der Waals surface area contributed by atoms with Gasteiger partial charge in [-0.25, -0.2) is 4.99 Å². The van der Waals surface area contributed by atoms with Gasteiger partial charge in [-0.2, -0.15) is 0 Å². The Labute approximate surface area is 167 Å². The third-order valence-corrected chi connectivity index (χ3v) is 5.24. The van der Waals surface area contributed by atoms with Crippen LogP contribution in [0, 0.1) is 0 Å². The van der Waals surface area contributed by atoms with Crippen LogP contribution >= 0.6 is 23.4 Å². The van der Waals surface area contributed by atoms with Crippen molar-refractivity contribution < 1.29 is 14.3 Å². The van der Waals surface area contributed by atoms with Crippen LogP contribution in [0.1, 0.15) is 12.5 Å². The van der Waals surface area contributed by atoms with Crippen molar-refractivity contribution in [3.63, 3.8) is 0 Å². The summed E-state index contributed by atoms with van der Waals surface area (Å²) in [5.74, 6) is 1.26. The molecule has 27 heavy (non-hydrogen) atoms. The van der Waals surface area contributed by atoms with Crippen molar-refractivity contribution in [2.45, 2.75) is 6.92 Å². The number of carbonyl (C=O) groups is 1. The summed E-state index contributed by atoms with van der Waals surface area (Å²) in [5, 5.41) is 1.29. The lowest BCUT2D eigenvalue weighted by Crippen LogP contribution is -2.28. The minimum Gasteiger partial charge on any atom is -0.497 e. The van der Waals surface area contributed by atoms with Gasteiger partial charge in [0.05, 0.1) is 24.8 Å². The predicted molar refractivity (Wildman–Crippen MR) is 111 cm³/mol. The van der Waals surface area contributed by atoms with Gasteiger partial charge in [-0.3, -0.25) is 9.69 Å². The van der Waals surface area contributed by atoms with E-state index in [1.54, 1.807) is 37.3 Å². The maximum Gasteiger partial charge on any atom is 0.266 e. The second kappa shape index (κ2) is 8.50. The lowest BCUT2D eigenvalue weighted by atomic mass is 10.1. The number of amidine groups is 1. The first kappa shape index (κ1) is 19.3. The fourth-order valence-electron chi connectivity index (χ4n) is 2.58. The molecule has 1 fully saturated rings. The van der Waals surface area contributed by atoms with E-state index < -0.39 is 0 Å². The Morgan fingerprint density at radius 3 is 2.52 bits per heavy atom. The van der Waals surface area contributed by atoms with Gasteiger partial charge in [-0.05, 0) is 61.2 Å². The molecule has 5 nitrogen and oxygen atoms in total. The minimum atomic E-state index is -0.0758. The van der Waals surface area contributed by atoms with Crippen LogP contribution in [0.15, 0.2) is 52.4 Å². The quantitative estimate of drug-likeness (QED) is 0.662. The molecule has 0 saturated carbocycles. The van der Waals surface area contributed by atoms with Crippen molar-refractivity contribution in [3.05, 3.63) is 58.0 Å². The number of likely N-dealkylation sites (N-methyl/N-ethyl adjacent to an activating group) is 1. The lowest BCUT2D eigenvalue weighted by Gasteiger charge is -2.12. The van der Waals surface area contributed by atoms with Crippen molar-refractivity contribution >= 4 is 46.2 Å². The first-order valence-corrected chi connectivity index (χ1v) is 9.53. The highest BCUT2D eigenvalue weighted by atomic mass is 35.5. The topological polar surface area (TPSA) is 51.1 Å². The van der Waals surface area contributed by atoms with Gasteiger partial charge in [0.15, 0.2) is 5.17 Å². The molecule has 0 spiro atoms. The molecule has 0 atom stereocenters. The van der Waals surface area contributed by atoms with Crippen LogP contribution in [0.2, 0.25) is 5.02 Å². The van der Waals surface area contributed by atoms with Crippen molar-refractivity contribution in [2.75, 3.05) is 20.8 Å².